The third-order valence-electron chi connectivity index (χ3n) is 5.42. The number of rotatable bonds is 7. The van der Waals surface area contributed by atoms with E-state index in [-0.39, 0.29) is 11.9 Å². The van der Waals surface area contributed by atoms with Crippen LogP contribution in [0.2, 0.25) is 0 Å². The second-order valence-corrected chi connectivity index (χ2v) is 8.17. The predicted molar refractivity (Wildman–Crippen MR) is 129 cm³/mol. The van der Waals surface area contributed by atoms with Crippen LogP contribution in [-0.2, 0) is 6.54 Å². The Morgan fingerprint density at radius 3 is 2.77 bits per heavy atom. The maximum Gasteiger partial charge on any atom is 0.319 e. The fraction of sp³-hybridized carbons (Fsp3) is 0.200. The monoisotopic (exact) mass is 430 g/mol. The molecule has 4 rings (SSSR count). The summed E-state index contributed by atoms with van der Waals surface area (Å²) in [7, 11) is 0. The summed E-state index contributed by atoms with van der Waals surface area (Å²) in [5, 5.41) is 7.21. The first kappa shape index (κ1) is 21.0. The summed E-state index contributed by atoms with van der Waals surface area (Å²) in [6.07, 6.45) is 7.87. The Morgan fingerprint density at radius 1 is 1.13 bits per heavy atom. The van der Waals surface area contributed by atoms with E-state index in [1.165, 1.54) is 16.5 Å². The normalized spacial score (nSPS) is 11.9. The van der Waals surface area contributed by atoms with Gasteiger partial charge in [-0.3, -0.25) is 4.98 Å². The van der Waals surface area contributed by atoms with Crippen molar-refractivity contribution in [1.82, 2.24) is 14.9 Å². The Balaban J connectivity index is 1.59. The quantitative estimate of drug-likeness (QED) is 0.368. The molecule has 0 aliphatic rings. The van der Waals surface area contributed by atoms with Gasteiger partial charge < -0.3 is 15.2 Å². The van der Waals surface area contributed by atoms with E-state index in [2.05, 4.69) is 63.6 Å². The van der Waals surface area contributed by atoms with E-state index in [0.717, 1.165) is 22.7 Å². The van der Waals surface area contributed by atoms with Gasteiger partial charge >= 0.3 is 6.03 Å². The highest BCUT2D eigenvalue weighted by atomic mass is 32.2. The first-order chi connectivity index (χ1) is 15.2. The van der Waals surface area contributed by atoms with Gasteiger partial charge in [-0.15, -0.1) is 11.8 Å². The van der Waals surface area contributed by atoms with Gasteiger partial charge in [-0.2, -0.15) is 0 Å². The number of urea groups is 1. The van der Waals surface area contributed by atoms with Crippen LogP contribution in [0, 0.1) is 0 Å². The van der Waals surface area contributed by atoms with Crippen LogP contribution >= 0.6 is 11.8 Å². The van der Waals surface area contributed by atoms with Crippen molar-refractivity contribution in [2.75, 3.05) is 18.1 Å². The lowest BCUT2D eigenvalue weighted by molar-refractivity contribution is 0.252. The minimum atomic E-state index is -0.216. The molecule has 5 nitrogen and oxygen atoms in total. The zero-order valence-corrected chi connectivity index (χ0v) is 18.5. The molecule has 0 saturated carbocycles. The van der Waals surface area contributed by atoms with Crippen LogP contribution in [0.15, 0.2) is 84.1 Å². The molecule has 1 atom stereocenters. The maximum absolute atomic E-state index is 12.7. The molecule has 2 aromatic carbocycles. The maximum atomic E-state index is 12.7. The van der Waals surface area contributed by atoms with Gasteiger partial charge in [0.2, 0.25) is 0 Å². The van der Waals surface area contributed by atoms with Crippen molar-refractivity contribution in [3.8, 4) is 0 Å². The average molecular weight is 431 g/mol. The van der Waals surface area contributed by atoms with Gasteiger partial charge in [-0.1, -0.05) is 30.3 Å². The highest BCUT2D eigenvalue weighted by Crippen LogP contribution is 2.32. The number of hydrogen-bond donors (Lipinski definition) is 2. The van der Waals surface area contributed by atoms with Crippen LogP contribution in [0.5, 0.6) is 0 Å². The molecule has 158 valence electrons. The van der Waals surface area contributed by atoms with Crippen molar-refractivity contribution in [3.05, 3.63) is 90.4 Å². The largest absolute Gasteiger partial charge is 0.347 e. The fourth-order valence-electron chi connectivity index (χ4n) is 3.87. The van der Waals surface area contributed by atoms with E-state index >= 15 is 0 Å². The van der Waals surface area contributed by atoms with E-state index in [9.17, 15) is 4.79 Å². The molecule has 0 saturated heterocycles. The zero-order valence-electron chi connectivity index (χ0n) is 17.7. The number of benzene rings is 2. The lowest BCUT2D eigenvalue weighted by atomic mass is 9.92. The Labute approximate surface area is 186 Å². The molecule has 0 fully saturated rings. The van der Waals surface area contributed by atoms with Crippen LogP contribution in [0.1, 0.15) is 24.0 Å². The number of fused-ring (bicyclic) bond motifs is 1. The summed E-state index contributed by atoms with van der Waals surface area (Å²) in [5.41, 5.74) is 4.25. The molecule has 0 radical (unpaired) electrons. The zero-order chi connectivity index (χ0) is 21.6. The molecule has 2 N–H and O–H groups in total. The van der Waals surface area contributed by atoms with Gasteiger partial charge in [-0.25, -0.2) is 4.79 Å². The van der Waals surface area contributed by atoms with E-state index in [1.54, 1.807) is 18.0 Å². The smallest absolute Gasteiger partial charge is 0.319 e. The van der Waals surface area contributed by atoms with Gasteiger partial charge in [0.25, 0.3) is 0 Å². The van der Waals surface area contributed by atoms with Crippen LogP contribution in [0.25, 0.3) is 10.9 Å². The number of para-hydroxylation sites is 1. The lowest BCUT2D eigenvalue weighted by Crippen LogP contribution is -2.32. The van der Waals surface area contributed by atoms with Crippen molar-refractivity contribution in [1.29, 1.82) is 0 Å². The van der Waals surface area contributed by atoms with Crippen LogP contribution in [-0.4, -0.2) is 28.4 Å². The van der Waals surface area contributed by atoms with Gasteiger partial charge in [-0.05, 0) is 54.6 Å². The number of amides is 2. The van der Waals surface area contributed by atoms with Crippen LogP contribution in [0.4, 0.5) is 10.5 Å². The number of anilines is 1. The first-order valence-electron chi connectivity index (χ1n) is 10.4. The fourth-order valence-corrected chi connectivity index (χ4v) is 4.33. The Morgan fingerprint density at radius 2 is 2.00 bits per heavy atom. The summed E-state index contributed by atoms with van der Waals surface area (Å²) in [5.74, 6) is -0.00492. The summed E-state index contributed by atoms with van der Waals surface area (Å²) < 4.78 is 2.25. The number of carbonyl (C=O) groups is 1. The molecule has 0 unspecified atom stereocenters. The molecule has 0 aliphatic heterocycles. The highest BCUT2D eigenvalue weighted by Gasteiger charge is 2.20. The molecule has 4 aromatic rings. The summed E-state index contributed by atoms with van der Waals surface area (Å²) in [6.45, 7) is 3.50. The second-order valence-electron chi connectivity index (χ2n) is 7.29. The van der Waals surface area contributed by atoms with E-state index < -0.39 is 0 Å². The molecule has 6 heteroatoms. The second kappa shape index (κ2) is 9.71. The van der Waals surface area contributed by atoms with Crippen molar-refractivity contribution in [2.45, 2.75) is 24.3 Å². The SMILES string of the molecule is CCn1cc([C@H](CNC(=O)Nc2cccc(SC)c2)c2cccnc2)c2ccccc21. The number of thioether (sulfide) groups is 1. The van der Waals surface area contributed by atoms with E-state index in [0.29, 0.717) is 6.54 Å². The third kappa shape index (κ3) is 4.75. The number of aromatic nitrogens is 2. The van der Waals surface area contributed by atoms with E-state index in [1.807, 2.05) is 42.8 Å². The van der Waals surface area contributed by atoms with Gasteiger partial charge in [0.1, 0.15) is 0 Å². The molecule has 31 heavy (non-hydrogen) atoms. The lowest BCUT2D eigenvalue weighted by Gasteiger charge is -2.18. The topological polar surface area (TPSA) is 59.0 Å². The first-order valence-corrected chi connectivity index (χ1v) is 11.6. The number of pyridine rings is 1. The molecule has 2 heterocycles. The van der Waals surface area contributed by atoms with Crippen molar-refractivity contribution >= 4 is 34.4 Å². The molecule has 0 bridgehead atoms. The molecule has 2 aromatic heterocycles. The average Bonchev–Trinajstić information content (AvgIpc) is 3.19. The third-order valence-corrected chi connectivity index (χ3v) is 6.14. The van der Waals surface area contributed by atoms with Crippen molar-refractivity contribution in [2.24, 2.45) is 0 Å². The number of hydrogen-bond acceptors (Lipinski definition) is 3. The van der Waals surface area contributed by atoms with Crippen molar-refractivity contribution < 1.29 is 4.79 Å². The molecular formula is C25H26N4OS. The minimum absolute atomic E-state index is 0.00492. The summed E-state index contributed by atoms with van der Waals surface area (Å²) in [4.78, 5) is 18.1. The summed E-state index contributed by atoms with van der Waals surface area (Å²) in [6, 6.07) is 20.0. The number of nitrogens with one attached hydrogen (secondary N) is 2. The van der Waals surface area contributed by atoms with Crippen molar-refractivity contribution in [3.63, 3.8) is 0 Å². The van der Waals surface area contributed by atoms with Gasteiger partial charge in [0.05, 0.1) is 0 Å². The number of aryl methyl sites for hydroxylation is 1. The standard InChI is InChI=1S/C25H26N4OS/c1-3-29-17-23(21-11-4-5-12-24(21)29)22(18-8-7-13-26-15-18)16-27-25(30)28-19-9-6-10-20(14-19)31-2/h4-15,17,22H,3,16H2,1-2H3,(H2,27,28,30)/t22-/m1/s1. The minimum Gasteiger partial charge on any atom is -0.347 e. The molecule has 0 aliphatic carbocycles. The molecule has 0 spiro atoms. The van der Waals surface area contributed by atoms with Gasteiger partial charge in [0, 0.05) is 59.1 Å². The van der Waals surface area contributed by atoms with E-state index in [4.69, 9.17) is 0 Å². The Bertz CT molecular complexity index is 1170. The van der Waals surface area contributed by atoms with Gasteiger partial charge in [0.15, 0.2) is 0 Å². The van der Waals surface area contributed by atoms with Crippen LogP contribution < -0.4 is 10.6 Å². The van der Waals surface area contributed by atoms with Crippen LogP contribution in [0.3, 0.4) is 0 Å². The Kier molecular flexibility index (Phi) is 6.57. The molecular weight excluding hydrogens is 404 g/mol. The number of nitrogens with zero attached hydrogens (tertiary/aromatic N) is 2. The highest BCUT2D eigenvalue weighted by molar-refractivity contribution is 7.98. The molecule has 2 amide bonds. The Hall–Kier alpha value is -3.25. The number of carbonyl (C=O) groups excluding carboxylic acids is 1. The summed E-state index contributed by atoms with van der Waals surface area (Å²) >= 11 is 1.65. The predicted octanol–water partition coefficient (Wildman–Crippen LogP) is 5.73.